The lowest BCUT2D eigenvalue weighted by Crippen LogP contribution is -2.31. The summed E-state index contributed by atoms with van der Waals surface area (Å²) in [5, 5.41) is 2.89. The van der Waals surface area contributed by atoms with Gasteiger partial charge in [-0.2, -0.15) is 0 Å². The topological polar surface area (TPSA) is 66.5 Å². The lowest BCUT2D eigenvalue weighted by atomic mass is 10.1. The van der Waals surface area contributed by atoms with Crippen LogP contribution in [0.15, 0.2) is 78.9 Å². The number of carbonyl (C=O) groups excluding carboxylic acids is 1. The first-order valence-electron chi connectivity index (χ1n) is 10.4. The molecule has 0 heterocycles. The molecule has 1 N–H and O–H groups in total. The van der Waals surface area contributed by atoms with Crippen molar-refractivity contribution in [1.82, 2.24) is 0 Å². The maximum atomic E-state index is 13.0. The fourth-order valence-corrected chi connectivity index (χ4v) is 4.25. The van der Waals surface area contributed by atoms with Gasteiger partial charge in [0.1, 0.15) is 0 Å². The van der Waals surface area contributed by atoms with Crippen molar-refractivity contribution in [3.05, 3.63) is 95.6 Å². The number of rotatable bonds is 9. The summed E-state index contributed by atoms with van der Waals surface area (Å²) >= 11 is 0. The summed E-state index contributed by atoms with van der Waals surface area (Å²) in [5.41, 5.74) is 3.40. The third-order valence-corrected chi connectivity index (χ3v) is 6.14. The largest absolute Gasteiger partial charge is 0.322 e. The van der Waals surface area contributed by atoms with Crippen LogP contribution in [0.2, 0.25) is 0 Å². The van der Waals surface area contributed by atoms with Gasteiger partial charge in [-0.05, 0) is 48.2 Å². The van der Waals surface area contributed by atoms with Crippen LogP contribution in [0.4, 0.5) is 11.4 Å². The van der Waals surface area contributed by atoms with Gasteiger partial charge < -0.3 is 5.32 Å². The normalized spacial score (nSPS) is 11.2. The lowest BCUT2D eigenvalue weighted by Gasteiger charge is -2.24. The number of para-hydroxylation sites is 1. The van der Waals surface area contributed by atoms with Crippen LogP contribution in [-0.4, -0.2) is 20.6 Å². The monoisotopic (exact) mass is 436 g/mol. The number of nitrogens with one attached hydrogen (secondary N) is 1. The number of benzene rings is 3. The SMILES string of the molecule is CCCCc1ccc(NC(=O)c2ccccc2N(Cc2ccccc2)S(C)(=O)=O)cc1. The second-order valence-electron chi connectivity index (χ2n) is 7.53. The van der Waals surface area contributed by atoms with Crippen LogP contribution >= 0.6 is 0 Å². The Labute approximate surface area is 184 Å². The molecule has 6 heteroatoms. The van der Waals surface area contributed by atoms with Gasteiger partial charge in [0.05, 0.1) is 24.1 Å². The van der Waals surface area contributed by atoms with E-state index in [-0.39, 0.29) is 12.5 Å². The zero-order valence-corrected chi connectivity index (χ0v) is 18.7. The number of sulfonamides is 1. The highest BCUT2D eigenvalue weighted by Gasteiger charge is 2.23. The molecule has 0 bridgehead atoms. The van der Waals surface area contributed by atoms with Crippen molar-refractivity contribution in [1.29, 1.82) is 0 Å². The molecule has 31 heavy (non-hydrogen) atoms. The quantitative estimate of drug-likeness (QED) is 0.498. The number of aryl methyl sites for hydroxylation is 1. The summed E-state index contributed by atoms with van der Waals surface area (Å²) in [6.45, 7) is 2.31. The van der Waals surface area contributed by atoms with E-state index in [1.807, 2.05) is 54.6 Å². The summed E-state index contributed by atoms with van der Waals surface area (Å²) in [6, 6.07) is 23.9. The molecule has 3 rings (SSSR count). The maximum absolute atomic E-state index is 13.0. The minimum atomic E-state index is -3.61. The highest BCUT2D eigenvalue weighted by molar-refractivity contribution is 7.92. The van der Waals surface area contributed by atoms with E-state index >= 15 is 0 Å². The summed E-state index contributed by atoms with van der Waals surface area (Å²) < 4.78 is 26.4. The van der Waals surface area contributed by atoms with Crippen LogP contribution in [0.3, 0.4) is 0 Å². The molecule has 0 spiro atoms. The fourth-order valence-electron chi connectivity index (χ4n) is 3.35. The smallest absolute Gasteiger partial charge is 0.257 e. The van der Waals surface area contributed by atoms with Crippen LogP contribution in [-0.2, 0) is 23.0 Å². The Hall–Kier alpha value is -3.12. The Morgan fingerprint density at radius 2 is 1.52 bits per heavy atom. The van der Waals surface area contributed by atoms with Crippen LogP contribution in [0.25, 0.3) is 0 Å². The van der Waals surface area contributed by atoms with Gasteiger partial charge in [-0.3, -0.25) is 9.10 Å². The van der Waals surface area contributed by atoms with Gasteiger partial charge in [0.2, 0.25) is 10.0 Å². The third kappa shape index (κ3) is 6.18. The fraction of sp³-hybridized carbons (Fsp3) is 0.240. The molecule has 5 nitrogen and oxygen atoms in total. The second-order valence-corrected chi connectivity index (χ2v) is 9.43. The molecule has 0 aliphatic rings. The van der Waals surface area contributed by atoms with Gasteiger partial charge in [0.25, 0.3) is 5.91 Å². The van der Waals surface area contributed by atoms with Crippen molar-refractivity contribution in [2.24, 2.45) is 0 Å². The zero-order chi connectivity index (χ0) is 22.3. The van der Waals surface area contributed by atoms with Crippen molar-refractivity contribution >= 4 is 27.3 Å². The summed E-state index contributed by atoms with van der Waals surface area (Å²) in [7, 11) is -3.61. The molecule has 3 aromatic rings. The van der Waals surface area contributed by atoms with E-state index in [2.05, 4.69) is 12.2 Å². The van der Waals surface area contributed by atoms with Crippen molar-refractivity contribution < 1.29 is 13.2 Å². The molecule has 0 unspecified atom stereocenters. The Morgan fingerprint density at radius 3 is 2.16 bits per heavy atom. The van der Waals surface area contributed by atoms with Gasteiger partial charge >= 0.3 is 0 Å². The first-order valence-corrected chi connectivity index (χ1v) is 12.2. The standard InChI is InChI=1S/C25H28N2O3S/c1-3-4-10-20-15-17-22(18-16-20)26-25(28)23-13-8-9-14-24(23)27(31(2,29)30)19-21-11-6-5-7-12-21/h5-9,11-18H,3-4,10,19H2,1-2H3,(H,26,28). The lowest BCUT2D eigenvalue weighted by molar-refractivity contribution is 0.102. The molecule has 0 aliphatic carbocycles. The highest BCUT2D eigenvalue weighted by atomic mass is 32.2. The number of unbranched alkanes of at least 4 members (excludes halogenated alkanes) is 1. The van der Waals surface area contributed by atoms with Gasteiger partial charge in [-0.1, -0.05) is 67.9 Å². The summed E-state index contributed by atoms with van der Waals surface area (Å²) in [4.78, 5) is 13.0. The van der Waals surface area contributed by atoms with Crippen LogP contribution < -0.4 is 9.62 Å². The van der Waals surface area contributed by atoms with E-state index in [1.165, 1.54) is 9.87 Å². The first kappa shape index (κ1) is 22.6. The number of anilines is 2. The van der Waals surface area contributed by atoms with E-state index in [0.29, 0.717) is 16.9 Å². The molecule has 0 aromatic heterocycles. The Balaban J connectivity index is 1.86. The highest BCUT2D eigenvalue weighted by Crippen LogP contribution is 2.26. The molecule has 0 saturated heterocycles. The van der Waals surface area contributed by atoms with Crippen LogP contribution in [0, 0.1) is 0 Å². The summed E-state index contributed by atoms with van der Waals surface area (Å²) in [5.74, 6) is -0.349. The van der Waals surface area contributed by atoms with Gasteiger partial charge in [0, 0.05) is 5.69 Å². The van der Waals surface area contributed by atoms with E-state index in [0.717, 1.165) is 31.1 Å². The minimum absolute atomic E-state index is 0.149. The van der Waals surface area contributed by atoms with Gasteiger partial charge in [0.15, 0.2) is 0 Å². The second kappa shape index (κ2) is 10.3. The van der Waals surface area contributed by atoms with E-state index in [4.69, 9.17) is 0 Å². The molecular formula is C25H28N2O3S. The number of hydrogen-bond donors (Lipinski definition) is 1. The maximum Gasteiger partial charge on any atom is 0.257 e. The number of nitrogens with zero attached hydrogens (tertiary/aromatic N) is 1. The number of hydrogen-bond acceptors (Lipinski definition) is 3. The third-order valence-electron chi connectivity index (χ3n) is 5.02. The van der Waals surface area contributed by atoms with E-state index in [9.17, 15) is 13.2 Å². The number of amides is 1. The Morgan fingerprint density at radius 1 is 0.871 bits per heavy atom. The predicted octanol–water partition coefficient (Wildman–Crippen LogP) is 5.25. The number of carbonyl (C=O) groups is 1. The van der Waals surface area contributed by atoms with Crippen LogP contribution in [0.5, 0.6) is 0 Å². The van der Waals surface area contributed by atoms with Gasteiger partial charge in [-0.25, -0.2) is 8.42 Å². The van der Waals surface area contributed by atoms with E-state index in [1.54, 1.807) is 24.3 Å². The molecule has 0 radical (unpaired) electrons. The first-order chi connectivity index (χ1) is 14.9. The molecule has 162 valence electrons. The minimum Gasteiger partial charge on any atom is -0.322 e. The Bertz CT molecular complexity index is 1110. The van der Waals surface area contributed by atoms with Crippen molar-refractivity contribution in [2.75, 3.05) is 15.9 Å². The molecule has 0 fully saturated rings. The molecule has 0 atom stereocenters. The molecule has 0 aliphatic heterocycles. The zero-order valence-electron chi connectivity index (χ0n) is 17.9. The Kier molecular flexibility index (Phi) is 7.47. The van der Waals surface area contributed by atoms with Crippen molar-refractivity contribution in [3.8, 4) is 0 Å². The summed E-state index contributed by atoms with van der Waals surface area (Å²) in [6.07, 6.45) is 4.42. The van der Waals surface area contributed by atoms with Gasteiger partial charge in [-0.15, -0.1) is 0 Å². The predicted molar refractivity (Wildman–Crippen MR) is 127 cm³/mol. The molecular weight excluding hydrogens is 408 g/mol. The van der Waals surface area contributed by atoms with Crippen molar-refractivity contribution in [3.63, 3.8) is 0 Å². The van der Waals surface area contributed by atoms with Crippen molar-refractivity contribution in [2.45, 2.75) is 32.7 Å². The van der Waals surface area contributed by atoms with Crippen LogP contribution in [0.1, 0.15) is 41.3 Å². The average molecular weight is 437 g/mol. The molecule has 0 saturated carbocycles. The average Bonchev–Trinajstić information content (AvgIpc) is 2.77. The van der Waals surface area contributed by atoms with E-state index < -0.39 is 10.0 Å². The molecule has 1 amide bonds. The molecule has 3 aromatic carbocycles.